The summed E-state index contributed by atoms with van der Waals surface area (Å²) in [5.41, 5.74) is 1.15. The first-order valence-corrected chi connectivity index (χ1v) is 11.6. The zero-order valence-corrected chi connectivity index (χ0v) is 18.4. The van der Waals surface area contributed by atoms with Crippen LogP contribution in [-0.4, -0.2) is 32.6 Å². The van der Waals surface area contributed by atoms with Gasteiger partial charge in [-0.15, -0.1) is 10.2 Å². The Morgan fingerprint density at radius 1 is 1.17 bits per heavy atom. The molecule has 30 heavy (non-hydrogen) atoms. The first kappa shape index (κ1) is 20.7. The van der Waals surface area contributed by atoms with Gasteiger partial charge in [0.25, 0.3) is 0 Å². The van der Waals surface area contributed by atoms with Gasteiger partial charge in [-0.05, 0) is 34.6 Å². The molecule has 0 aliphatic heterocycles. The lowest BCUT2D eigenvalue weighted by Gasteiger charge is -2.34. The van der Waals surface area contributed by atoms with E-state index in [4.69, 9.17) is 5.84 Å². The van der Waals surface area contributed by atoms with Crippen LogP contribution in [0.3, 0.4) is 0 Å². The van der Waals surface area contributed by atoms with Crippen molar-refractivity contribution in [3.63, 3.8) is 0 Å². The minimum Gasteiger partial charge on any atom is -0.352 e. The molecule has 1 aromatic heterocycles. The Kier molecular flexibility index (Phi) is 6.27. The molecule has 6 nitrogen and oxygen atoms in total. The van der Waals surface area contributed by atoms with Crippen LogP contribution < -0.4 is 11.2 Å². The van der Waals surface area contributed by atoms with E-state index in [2.05, 4.69) is 53.6 Å². The van der Waals surface area contributed by atoms with Gasteiger partial charge in [-0.25, -0.2) is 4.68 Å². The molecule has 4 rings (SSSR count). The average Bonchev–Trinajstić information content (AvgIpc) is 3.09. The predicted molar refractivity (Wildman–Crippen MR) is 122 cm³/mol. The quantitative estimate of drug-likeness (QED) is 0.466. The zero-order chi connectivity index (χ0) is 21.1. The molecule has 1 aliphatic rings. The van der Waals surface area contributed by atoms with Gasteiger partial charge in [0.05, 0.1) is 5.75 Å². The van der Waals surface area contributed by atoms with Crippen LogP contribution >= 0.6 is 11.8 Å². The highest BCUT2D eigenvalue weighted by molar-refractivity contribution is 7.99. The molecule has 0 spiro atoms. The van der Waals surface area contributed by atoms with Gasteiger partial charge in [0.15, 0.2) is 5.82 Å². The minimum atomic E-state index is 0.0320. The third kappa shape index (κ3) is 4.46. The fraction of sp³-hybridized carbons (Fsp3) is 0.435. The van der Waals surface area contributed by atoms with Crippen molar-refractivity contribution >= 4 is 28.4 Å². The summed E-state index contributed by atoms with van der Waals surface area (Å²) in [6.45, 7) is 4.50. The number of hydrogen-bond acceptors (Lipinski definition) is 5. The van der Waals surface area contributed by atoms with Crippen LogP contribution in [0.15, 0.2) is 47.6 Å². The molecule has 0 saturated heterocycles. The smallest absolute Gasteiger partial charge is 0.230 e. The summed E-state index contributed by atoms with van der Waals surface area (Å²) >= 11 is 1.33. The summed E-state index contributed by atoms with van der Waals surface area (Å²) in [7, 11) is 0. The lowest BCUT2D eigenvalue weighted by Crippen LogP contribution is -2.44. The standard InChI is InChI=1S/C23H29N5OS/c1-15-7-5-12-20(16(15)2)25-22(29)14-30-23-27-26-21(28(23)24)13-18-10-6-9-17-8-3-4-11-19(17)18/h3-4,6,8-11,15-16,20H,5,7,12-14,24H2,1-2H3,(H,25,29)/t15-,16+,20-/m1/s1. The molecule has 158 valence electrons. The van der Waals surface area contributed by atoms with E-state index in [1.54, 1.807) is 0 Å². The third-order valence-corrected chi connectivity index (χ3v) is 7.29. The molecule has 1 aliphatic carbocycles. The summed E-state index contributed by atoms with van der Waals surface area (Å²) in [6, 6.07) is 14.8. The molecule has 1 heterocycles. The largest absolute Gasteiger partial charge is 0.352 e. The van der Waals surface area contributed by atoms with Crippen LogP contribution in [0.5, 0.6) is 0 Å². The molecule has 7 heteroatoms. The maximum Gasteiger partial charge on any atom is 0.230 e. The highest BCUT2D eigenvalue weighted by atomic mass is 32.2. The van der Waals surface area contributed by atoms with E-state index in [0.29, 0.717) is 35.0 Å². The number of nitrogens with two attached hydrogens (primary N) is 1. The number of benzene rings is 2. The van der Waals surface area contributed by atoms with E-state index >= 15 is 0 Å². The summed E-state index contributed by atoms with van der Waals surface area (Å²) < 4.78 is 1.50. The van der Waals surface area contributed by atoms with Crippen LogP contribution in [0, 0.1) is 11.8 Å². The molecule has 0 unspecified atom stereocenters. The summed E-state index contributed by atoms with van der Waals surface area (Å²) in [5.74, 6) is 8.42. The lowest BCUT2D eigenvalue weighted by molar-refractivity contribution is -0.120. The van der Waals surface area contributed by atoms with Crippen molar-refractivity contribution in [2.45, 2.75) is 50.7 Å². The second kappa shape index (κ2) is 9.08. The van der Waals surface area contributed by atoms with Crippen LogP contribution in [0.1, 0.15) is 44.5 Å². The first-order valence-electron chi connectivity index (χ1n) is 10.6. The Balaban J connectivity index is 1.38. The molecule has 1 saturated carbocycles. The summed E-state index contributed by atoms with van der Waals surface area (Å²) in [4.78, 5) is 12.5. The number of hydrogen-bond donors (Lipinski definition) is 2. The summed E-state index contributed by atoms with van der Waals surface area (Å²) in [6.07, 6.45) is 4.08. The van der Waals surface area contributed by atoms with E-state index in [1.165, 1.54) is 40.1 Å². The van der Waals surface area contributed by atoms with E-state index in [-0.39, 0.29) is 11.9 Å². The number of carbonyl (C=O) groups excluding carboxylic acids is 1. The van der Waals surface area contributed by atoms with Gasteiger partial charge in [0.1, 0.15) is 0 Å². The number of aromatic nitrogens is 3. The number of nitrogens with one attached hydrogen (secondary N) is 1. The van der Waals surface area contributed by atoms with Crippen molar-refractivity contribution in [3.8, 4) is 0 Å². The molecule has 2 aromatic carbocycles. The molecule has 0 radical (unpaired) electrons. The van der Waals surface area contributed by atoms with E-state index < -0.39 is 0 Å². The number of fused-ring (bicyclic) bond motifs is 1. The molecule has 1 fully saturated rings. The van der Waals surface area contributed by atoms with E-state index in [9.17, 15) is 4.79 Å². The maximum absolute atomic E-state index is 12.5. The van der Waals surface area contributed by atoms with Crippen LogP contribution in [-0.2, 0) is 11.2 Å². The predicted octanol–water partition coefficient (Wildman–Crippen LogP) is 3.77. The Bertz CT molecular complexity index is 1030. The number of thioether (sulfide) groups is 1. The van der Waals surface area contributed by atoms with Crippen LogP contribution in [0.25, 0.3) is 10.8 Å². The van der Waals surface area contributed by atoms with Crippen molar-refractivity contribution in [2.75, 3.05) is 11.6 Å². The highest BCUT2D eigenvalue weighted by Gasteiger charge is 2.28. The molecular formula is C23H29N5OS. The van der Waals surface area contributed by atoms with Crippen molar-refractivity contribution in [2.24, 2.45) is 11.8 Å². The van der Waals surface area contributed by atoms with Crippen molar-refractivity contribution in [3.05, 3.63) is 53.9 Å². The van der Waals surface area contributed by atoms with Crippen LogP contribution in [0.2, 0.25) is 0 Å². The van der Waals surface area contributed by atoms with Gasteiger partial charge < -0.3 is 11.2 Å². The third-order valence-electron chi connectivity index (χ3n) is 6.35. The normalized spacial score (nSPS) is 21.6. The maximum atomic E-state index is 12.5. The van der Waals surface area contributed by atoms with Gasteiger partial charge >= 0.3 is 0 Å². The molecule has 3 aromatic rings. The Morgan fingerprint density at radius 3 is 2.83 bits per heavy atom. The molecular weight excluding hydrogens is 394 g/mol. The number of nitrogen functional groups attached to an aromatic ring is 1. The topological polar surface area (TPSA) is 85.8 Å². The fourth-order valence-corrected chi connectivity index (χ4v) is 4.99. The lowest BCUT2D eigenvalue weighted by atomic mass is 9.78. The average molecular weight is 424 g/mol. The number of nitrogens with zero attached hydrogens (tertiary/aromatic N) is 3. The van der Waals surface area contributed by atoms with Crippen molar-refractivity contribution in [1.82, 2.24) is 20.2 Å². The van der Waals surface area contributed by atoms with Gasteiger partial charge in [0, 0.05) is 12.5 Å². The highest BCUT2D eigenvalue weighted by Crippen LogP contribution is 2.29. The van der Waals surface area contributed by atoms with Gasteiger partial charge in [-0.3, -0.25) is 4.79 Å². The molecule has 1 amide bonds. The second-order valence-electron chi connectivity index (χ2n) is 8.31. The molecule has 0 bridgehead atoms. The fourth-order valence-electron chi connectivity index (χ4n) is 4.31. The second-order valence-corrected chi connectivity index (χ2v) is 9.26. The molecule has 3 atom stereocenters. The zero-order valence-electron chi connectivity index (χ0n) is 17.5. The summed E-state index contributed by atoms with van der Waals surface area (Å²) in [5, 5.41) is 14.6. The Labute approximate surface area is 181 Å². The Morgan fingerprint density at radius 2 is 1.97 bits per heavy atom. The first-order chi connectivity index (χ1) is 14.5. The number of amides is 1. The minimum absolute atomic E-state index is 0.0320. The number of rotatable bonds is 6. The Hall–Kier alpha value is -2.54. The van der Waals surface area contributed by atoms with Crippen molar-refractivity contribution < 1.29 is 4.79 Å². The van der Waals surface area contributed by atoms with Gasteiger partial charge in [0.2, 0.25) is 11.1 Å². The van der Waals surface area contributed by atoms with Gasteiger partial charge in [-0.2, -0.15) is 0 Å². The van der Waals surface area contributed by atoms with E-state index in [1.807, 2.05) is 18.2 Å². The monoisotopic (exact) mass is 423 g/mol. The van der Waals surface area contributed by atoms with E-state index in [0.717, 1.165) is 12.0 Å². The number of carbonyl (C=O) groups is 1. The van der Waals surface area contributed by atoms with Crippen molar-refractivity contribution in [1.29, 1.82) is 0 Å². The SMILES string of the molecule is C[C@H]1[C@H](C)CCC[C@H]1NC(=O)CSc1nnc(Cc2cccc3ccccc23)n1N. The molecule has 3 N–H and O–H groups in total. The van der Waals surface area contributed by atoms with Gasteiger partial charge in [-0.1, -0.05) is 80.9 Å². The van der Waals surface area contributed by atoms with Crippen LogP contribution in [0.4, 0.5) is 0 Å².